The van der Waals surface area contributed by atoms with Gasteiger partial charge in [0.25, 0.3) is 5.91 Å². The minimum Gasteiger partial charge on any atom is -0.453 e. The first-order chi connectivity index (χ1) is 13.8. The van der Waals surface area contributed by atoms with E-state index in [0.29, 0.717) is 12.0 Å². The van der Waals surface area contributed by atoms with E-state index in [4.69, 9.17) is 4.74 Å². The van der Waals surface area contributed by atoms with Crippen molar-refractivity contribution in [3.05, 3.63) is 35.4 Å². The van der Waals surface area contributed by atoms with Crippen molar-refractivity contribution in [3.63, 3.8) is 0 Å². The van der Waals surface area contributed by atoms with Crippen LogP contribution in [0.5, 0.6) is 0 Å². The molecule has 3 amide bonds. The van der Waals surface area contributed by atoms with Crippen molar-refractivity contribution in [1.29, 1.82) is 0 Å². The predicted molar refractivity (Wildman–Crippen MR) is 106 cm³/mol. The van der Waals surface area contributed by atoms with Gasteiger partial charge in [-0.3, -0.25) is 19.3 Å². The van der Waals surface area contributed by atoms with Crippen molar-refractivity contribution >= 4 is 23.7 Å². The second kappa shape index (κ2) is 8.35. The van der Waals surface area contributed by atoms with E-state index in [1.807, 2.05) is 26.0 Å². The quantitative estimate of drug-likeness (QED) is 0.450. The molecule has 7 nitrogen and oxygen atoms in total. The number of benzene rings is 1. The number of urea groups is 1. The van der Waals surface area contributed by atoms with Crippen LogP contribution >= 0.6 is 0 Å². The van der Waals surface area contributed by atoms with Crippen LogP contribution in [0, 0.1) is 5.92 Å². The molecule has 0 aromatic heterocycles. The van der Waals surface area contributed by atoms with E-state index < -0.39 is 30.2 Å². The van der Waals surface area contributed by atoms with Gasteiger partial charge in [-0.25, -0.2) is 4.79 Å². The third-order valence-electron chi connectivity index (χ3n) is 6.11. The molecule has 2 aliphatic rings. The van der Waals surface area contributed by atoms with E-state index in [9.17, 15) is 19.2 Å². The van der Waals surface area contributed by atoms with E-state index >= 15 is 0 Å². The van der Waals surface area contributed by atoms with Crippen molar-refractivity contribution in [2.45, 2.75) is 64.5 Å². The third kappa shape index (κ3) is 4.04. The molecule has 0 radical (unpaired) electrons. The highest BCUT2D eigenvalue weighted by atomic mass is 16.5. The first kappa shape index (κ1) is 21.0. The molecule has 0 unspecified atom stereocenters. The van der Waals surface area contributed by atoms with Crippen molar-refractivity contribution in [1.82, 2.24) is 10.2 Å². The Morgan fingerprint density at radius 1 is 1.24 bits per heavy atom. The molecule has 3 rings (SSSR count). The lowest BCUT2D eigenvalue weighted by Gasteiger charge is -2.36. The van der Waals surface area contributed by atoms with Gasteiger partial charge in [-0.2, -0.15) is 0 Å². The van der Waals surface area contributed by atoms with E-state index in [1.165, 1.54) is 6.92 Å². The molecule has 7 heteroatoms. The van der Waals surface area contributed by atoms with Crippen molar-refractivity contribution < 1.29 is 23.9 Å². The van der Waals surface area contributed by atoms with Gasteiger partial charge in [0.15, 0.2) is 6.10 Å². The van der Waals surface area contributed by atoms with Crippen molar-refractivity contribution in [2.75, 3.05) is 6.54 Å². The van der Waals surface area contributed by atoms with Crippen LogP contribution in [0.2, 0.25) is 0 Å². The Morgan fingerprint density at radius 3 is 2.55 bits per heavy atom. The third-order valence-corrected chi connectivity index (χ3v) is 6.11. The molecule has 1 aromatic carbocycles. The fourth-order valence-electron chi connectivity index (χ4n) is 4.20. The molecule has 2 fully saturated rings. The summed E-state index contributed by atoms with van der Waals surface area (Å²) in [7, 11) is 0. The Hall–Kier alpha value is -2.70. The second-order valence-corrected chi connectivity index (χ2v) is 7.99. The molecule has 1 saturated heterocycles. The minimum absolute atomic E-state index is 0.0142. The van der Waals surface area contributed by atoms with Crippen molar-refractivity contribution in [2.24, 2.45) is 5.92 Å². The smallest absolute Gasteiger partial charge is 0.326 e. The maximum atomic E-state index is 12.9. The number of rotatable bonds is 6. The van der Waals surface area contributed by atoms with Gasteiger partial charge < -0.3 is 10.1 Å². The van der Waals surface area contributed by atoms with Crippen LogP contribution in [0.25, 0.3) is 0 Å². The van der Waals surface area contributed by atoms with Crippen LogP contribution in [0.1, 0.15) is 62.4 Å². The Balaban J connectivity index is 1.61. The summed E-state index contributed by atoms with van der Waals surface area (Å²) in [4.78, 5) is 51.0. The van der Waals surface area contributed by atoms with E-state index in [-0.39, 0.29) is 17.6 Å². The fraction of sp³-hybridized carbons (Fsp3) is 0.545. The van der Waals surface area contributed by atoms with Gasteiger partial charge in [0.2, 0.25) is 5.78 Å². The molecule has 1 N–H and O–H groups in total. The zero-order valence-electron chi connectivity index (χ0n) is 17.2. The van der Waals surface area contributed by atoms with Gasteiger partial charge in [0.1, 0.15) is 12.1 Å². The van der Waals surface area contributed by atoms with E-state index in [1.54, 1.807) is 12.1 Å². The normalized spacial score (nSPS) is 25.1. The standard InChI is InChI=1S/C22H28N2O5/c1-4-16-8-10-17(11-9-16)19(26)15(3)29-18(25)13-24-20(27)22(23-21(24)28)12-6-5-7-14(22)2/h8-11,14-15H,4-7,12-13H2,1-3H3,(H,23,28)/t14-,15-,22-/m0/s1. The highest BCUT2D eigenvalue weighted by Crippen LogP contribution is 2.38. The van der Waals surface area contributed by atoms with Gasteiger partial charge in [-0.15, -0.1) is 0 Å². The Labute approximate surface area is 170 Å². The lowest BCUT2D eigenvalue weighted by atomic mass is 9.73. The second-order valence-electron chi connectivity index (χ2n) is 7.99. The molecule has 0 bridgehead atoms. The molecule has 3 atom stereocenters. The van der Waals surface area contributed by atoms with Crippen LogP contribution < -0.4 is 5.32 Å². The van der Waals surface area contributed by atoms with Crippen LogP contribution in [-0.2, 0) is 20.7 Å². The summed E-state index contributed by atoms with van der Waals surface area (Å²) in [5, 5.41) is 2.80. The molecular formula is C22H28N2O5. The van der Waals surface area contributed by atoms with E-state index in [0.717, 1.165) is 36.1 Å². The number of hydrogen-bond acceptors (Lipinski definition) is 5. The van der Waals surface area contributed by atoms with E-state index in [2.05, 4.69) is 5.32 Å². The maximum absolute atomic E-state index is 12.9. The number of hydrogen-bond donors (Lipinski definition) is 1. The van der Waals surface area contributed by atoms with Gasteiger partial charge in [-0.1, -0.05) is 51.0 Å². The number of ether oxygens (including phenoxy) is 1. The van der Waals surface area contributed by atoms with Gasteiger partial charge >= 0.3 is 12.0 Å². The summed E-state index contributed by atoms with van der Waals surface area (Å²) < 4.78 is 5.22. The molecule has 1 aliphatic carbocycles. The molecule has 1 saturated carbocycles. The lowest BCUT2D eigenvalue weighted by molar-refractivity contribution is -0.150. The first-order valence-corrected chi connectivity index (χ1v) is 10.2. The Morgan fingerprint density at radius 2 is 1.93 bits per heavy atom. The molecule has 1 aliphatic heterocycles. The topological polar surface area (TPSA) is 92.8 Å². The molecule has 1 aromatic rings. The van der Waals surface area contributed by atoms with Crippen LogP contribution in [0.4, 0.5) is 4.79 Å². The molecule has 1 heterocycles. The number of ketones is 1. The van der Waals surface area contributed by atoms with Crippen LogP contribution in [0.15, 0.2) is 24.3 Å². The maximum Gasteiger partial charge on any atom is 0.326 e. The van der Waals surface area contributed by atoms with Gasteiger partial charge in [0.05, 0.1) is 0 Å². The van der Waals surface area contributed by atoms with Crippen LogP contribution in [-0.4, -0.2) is 46.8 Å². The number of amides is 3. The number of aryl methyl sites for hydroxylation is 1. The summed E-state index contributed by atoms with van der Waals surface area (Å²) in [6, 6.07) is 6.56. The summed E-state index contributed by atoms with van der Waals surface area (Å²) >= 11 is 0. The summed E-state index contributed by atoms with van der Waals surface area (Å²) in [5.41, 5.74) is 0.640. The number of esters is 1. The number of carbonyl (C=O) groups excluding carboxylic acids is 4. The molecule has 1 spiro atoms. The monoisotopic (exact) mass is 400 g/mol. The zero-order valence-corrected chi connectivity index (χ0v) is 17.2. The predicted octanol–water partition coefficient (Wildman–Crippen LogP) is 2.86. The first-order valence-electron chi connectivity index (χ1n) is 10.2. The minimum atomic E-state index is -1.00. The summed E-state index contributed by atoms with van der Waals surface area (Å²) in [5.74, 6) is -1.46. The van der Waals surface area contributed by atoms with Gasteiger partial charge in [0, 0.05) is 5.56 Å². The molecule has 156 valence electrons. The average Bonchev–Trinajstić information content (AvgIpc) is 2.94. The highest BCUT2D eigenvalue weighted by molar-refractivity contribution is 6.09. The van der Waals surface area contributed by atoms with Crippen molar-refractivity contribution in [3.8, 4) is 0 Å². The lowest BCUT2D eigenvalue weighted by Crippen LogP contribution is -2.54. The Kier molecular flexibility index (Phi) is 6.05. The molecule has 29 heavy (non-hydrogen) atoms. The summed E-state index contributed by atoms with van der Waals surface area (Å²) in [6.45, 7) is 4.97. The fourth-order valence-corrected chi connectivity index (χ4v) is 4.20. The number of nitrogens with one attached hydrogen (secondary N) is 1. The number of carbonyl (C=O) groups is 4. The number of imide groups is 1. The summed E-state index contributed by atoms with van der Waals surface area (Å²) in [6.07, 6.45) is 3.17. The SMILES string of the molecule is CCc1ccc(C(=O)[C@H](C)OC(=O)CN2C(=O)N[C@]3(CCCC[C@@H]3C)C2=O)cc1. The van der Waals surface area contributed by atoms with Gasteiger partial charge in [-0.05, 0) is 37.7 Å². The zero-order chi connectivity index (χ0) is 21.2. The molecular weight excluding hydrogens is 372 g/mol. The highest BCUT2D eigenvalue weighted by Gasteiger charge is 2.55. The average molecular weight is 400 g/mol. The van der Waals surface area contributed by atoms with Crippen LogP contribution in [0.3, 0.4) is 0 Å². The Bertz CT molecular complexity index is 819. The number of Topliss-reactive ketones (excluding diaryl/α,β-unsaturated/α-hetero) is 1. The number of nitrogens with zero attached hydrogens (tertiary/aromatic N) is 1. The largest absolute Gasteiger partial charge is 0.453 e.